The summed E-state index contributed by atoms with van der Waals surface area (Å²) in [7, 11) is -4.36. The zero-order valence-electron chi connectivity index (χ0n) is 32.7. The predicted octanol–water partition coefficient (Wildman–Crippen LogP) is 11.7. The third-order valence-electron chi connectivity index (χ3n) is 9.24. The van der Waals surface area contributed by atoms with Crippen molar-refractivity contribution in [3.63, 3.8) is 0 Å². The number of unbranched alkanes of at least 4 members (excludes halogenated alkanes) is 27. The maximum absolute atomic E-state index is 12.5. The van der Waals surface area contributed by atoms with Crippen molar-refractivity contribution in [2.24, 2.45) is 5.73 Å². The number of rotatable bonds is 40. The highest BCUT2D eigenvalue weighted by molar-refractivity contribution is 7.47. The van der Waals surface area contributed by atoms with E-state index in [2.05, 4.69) is 13.8 Å². The lowest BCUT2D eigenvalue weighted by atomic mass is 10.0. The summed E-state index contributed by atoms with van der Waals surface area (Å²) in [5.41, 5.74) is 5.34. The number of hydrogen-bond acceptors (Lipinski definition) is 8. The highest BCUT2D eigenvalue weighted by atomic mass is 31.2. The van der Waals surface area contributed by atoms with Gasteiger partial charge in [-0.25, -0.2) is 4.57 Å². The monoisotopic (exact) mass is 734 g/mol. The Bertz CT molecular complexity index is 799. The van der Waals surface area contributed by atoms with Gasteiger partial charge in [0.25, 0.3) is 0 Å². The van der Waals surface area contributed by atoms with Crippen LogP contribution in [0.4, 0.5) is 0 Å². The molecule has 0 amide bonds. The lowest BCUT2D eigenvalue weighted by molar-refractivity contribution is -0.161. The van der Waals surface area contributed by atoms with Gasteiger partial charge in [-0.2, -0.15) is 0 Å². The molecule has 3 N–H and O–H groups in total. The largest absolute Gasteiger partial charge is 0.472 e. The maximum Gasteiger partial charge on any atom is 0.472 e. The summed E-state index contributed by atoms with van der Waals surface area (Å²) in [5, 5.41) is 0. The smallest absolute Gasteiger partial charge is 0.462 e. The molecule has 0 bridgehead atoms. The zero-order chi connectivity index (χ0) is 36.8. The minimum atomic E-state index is -4.36. The summed E-state index contributed by atoms with van der Waals surface area (Å²) in [6, 6.07) is 0. The minimum Gasteiger partial charge on any atom is -0.462 e. The molecule has 0 spiro atoms. The number of phosphoric acid groups is 1. The number of esters is 2. The molecule has 9 nitrogen and oxygen atoms in total. The first-order chi connectivity index (χ1) is 24.3. The lowest BCUT2D eigenvalue weighted by Crippen LogP contribution is -2.29. The summed E-state index contributed by atoms with van der Waals surface area (Å²) in [5.74, 6) is -0.816. The van der Waals surface area contributed by atoms with Gasteiger partial charge in [-0.3, -0.25) is 18.6 Å². The van der Waals surface area contributed by atoms with Crippen LogP contribution in [0.15, 0.2) is 0 Å². The second-order valence-corrected chi connectivity index (χ2v) is 15.7. The first kappa shape index (κ1) is 49.0. The molecule has 0 radical (unpaired) electrons. The molecular weight excluding hydrogens is 653 g/mol. The highest BCUT2D eigenvalue weighted by Crippen LogP contribution is 2.43. The van der Waals surface area contributed by atoms with Crippen LogP contribution in [0, 0.1) is 0 Å². The van der Waals surface area contributed by atoms with Crippen molar-refractivity contribution in [2.75, 3.05) is 26.4 Å². The van der Waals surface area contributed by atoms with Crippen molar-refractivity contribution in [3.8, 4) is 0 Å². The standard InChI is InChI=1S/C40H80NO8P/c1-3-5-7-9-11-13-15-16-17-18-19-20-21-23-24-26-28-30-32-39(42)46-36-38(37-48-50(44,45)47-35-34-41)49-40(43)33-31-29-27-25-22-14-12-10-8-6-4-2/h38H,3-37,41H2,1-2H3,(H,44,45)/t38-/m0/s1. The molecule has 0 fully saturated rings. The van der Waals surface area contributed by atoms with Crippen LogP contribution in [0.25, 0.3) is 0 Å². The minimum absolute atomic E-state index is 0.0579. The average molecular weight is 734 g/mol. The molecule has 0 rings (SSSR count). The van der Waals surface area contributed by atoms with Gasteiger partial charge in [-0.05, 0) is 12.8 Å². The molecule has 1 unspecified atom stereocenters. The number of carbonyl (C=O) groups is 2. The van der Waals surface area contributed by atoms with E-state index in [0.717, 1.165) is 32.1 Å². The van der Waals surface area contributed by atoms with Crippen molar-refractivity contribution in [3.05, 3.63) is 0 Å². The molecule has 2 atom stereocenters. The van der Waals surface area contributed by atoms with Crippen LogP contribution in [0.5, 0.6) is 0 Å². The Labute approximate surface area is 307 Å². The SMILES string of the molecule is CCCCCCCCCCCCCCCCCCCCC(=O)OC[C@@H](COP(=O)(O)OCCN)OC(=O)CCCCCCCCCCCCC. The van der Waals surface area contributed by atoms with Crippen LogP contribution in [0.1, 0.15) is 213 Å². The first-order valence-electron chi connectivity index (χ1n) is 21.0. The van der Waals surface area contributed by atoms with Gasteiger partial charge in [-0.1, -0.05) is 187 Å². The molecule has 0 saturated heterocycles. The molecule has 298 valence electrons. The van der Waals surface area contributed by atoms with Crippen molar-refractivity contribution in [1.29, 1.82) is 0 Å². The molecule has 0 aliphatic heterocycles. The number of phosphoric ester groups is 1. The van der Waals surface area contributed by atoms with Gasteiger partial charge in [0.15, 0.2) is 6.10 Å². The molecule has 0 aliphatic rings. The fraction of sp³-hybridized carbons (Fsp3) is 0.950. The highest BCUT2D eigenvalue weighted by Gasteiger charge is 2.26. The molecule has 50 heavy (non-hydrogen) atoms. The van der Waals surface area contributed by atoms with Crippen molar-refractivity contribution >= 4 is 19.8 Å². The molecule has 0 aromatic carbocycles. The molecule has 0 saturated carbocycles. The third kappa shape index (κ3) is 36.8. The van der Waals surface area contributed by atoms with Crippen LogP contribution in [0.3, 0.4) is 0 Å². The Morgan fingerprint density at radius 3 is 1.22 bits per heavy atom. The van der Waals surface area contributed by atoms with Crippen molar-refractivity contribution in [2.45, 2.75) is 219 Å². The Hall–Kier alpha value is -0.990. The van der Waals surface area contributed by atoms with E-state index in [4.69, 9.17) is 24.3 Å². The second kappa shape index (κ2) is 37.8. The van der Waals surface area contributed by atoms with E-state index in [1.807, 2.05) is 0 Å². The number of ether oxygens (including phenoxy) is 2. The van der Waals surface area contributed by atoms with Crippen LogP contribution >= 0.6 is 7.82 Å². The second-order valence-electron chi connectivity index (χ2n) is 14.2. The number of nitrogens with two attached hydrogens (primary N) is 1. The maximum atomic E-state index is 12.5. The van der Waals surface area contributed by atoms with E-state index in [0.29, 0.717) is 6.42 Å². The van der Waals surface area contributed by atoms with E-state index in [9.17, 15) is 19.0 Å². The molecule has 0 heterocycles. The summed E-state index contributed by atoms with van der Waals surface area (Å²) < 4.78 is 32.7. The zero-order valence-corrected chi connectivity index (χ0v) is 33.6. The average Bonchev–Trinajstić information content (AvgIpc) is 3.10. The Morgan fingerprint density at radius 2 is 0.860 bits per heavy atom. The normalized spacial score (nSPS) is 13.3. The van der Waals surface area contributed by atoms with Gasteiger partial charge in [-0.15, -0.1) is 0 Å². The fourth-order valence-corrected chi connectivity index (χ4v) is 6.87. The van der Waals surface area contributed by atoms with Gasteiger partial charge in [0, 0.05) is 19.4 Å². The van der Waals surface area contributed by atoms with Crippen LogP contribution in [0.2, 0.25) is 0 Å². The predicted molar refractivity (Wildman–Crippen MR) is 206 cm³/mol. The Balaban J connectivity index is 4.07. The lowest BCUT2D eigenvalue weighted by Gasteiger charge is -2.19. The summed E-state index contributed by atoms with van der Waals surface area (Å²) >= 11 is 0. The Morgan fingerprint density at radius 1 is 0.520 bits per heavy atom. The Kier molecular flexibility index (Phi) is 37.0. The molecule has 0 aromatic heterocycles. The molecule has 0 aromatic rings. The van der Waals surface area contributed by atoms with Gasteiger partial charge in [0.1, 0.15) is 6.61 Å². The molecular formula is C40H80NO8P. The first-order valence-corrected chi connectivity index (χ1v) is 22.5. The van der Waals surface area contributed by atoms with E-state index < -0.39 is 26.5 Å². The quantitative estimate of drug-likeness (QED) is 0.0358. The fourth-order valence-electron chi connectivity index (χ4n) is 6.11. The number of hydrogen-bond donors (Lipinski definition) is 2. The van der Waals surface area contributed by atoms with E-state index in [-0.39, 0.29) is 38.6 Å². The van der Waals surface area contributed by atoms with E-state index in [1.165, 1.54) is 148 Å². The van der Waals surface area contributed by atoms with E-state index in [1.54, 1.807) is 0 Å². The van der Waals surface area contributed by atoms with Crippen LogP contribution in [-0.4, -0.2) is 49.3 Å². The van der Waals surface area contributed by atoms with Crippen LogP contribution < -0.4 is 5.73 Å². The van der Waals surface area contributed by atoms with Crippen LogP contribution in [-0.2, 0) is 32.7 Å². The summed E-state index contributed by atoms with van der Waals surface area (Å²) in [6.45, 7) is 3.75. The summed E-state index contributed by atoms with van der Waals surface area (Å²) in [6.07, 6.45) is 35.6. The summed E-state index contributed by atoms with van der Waals surface area (Å²) in [4.78, 5) is 34.7. The van der Waals surface area contributed by atoms with Gasteiger partial charge >= 0.3 is 19.8 Å². The van der Waals surface area contributed by atoms with E-state index >= 15 is 0 Å². The molecule has 10 heteroatoms. The van der Waals surface area contributed by atoms with Crippen molar-refractivity contribution < 1.29 is 37.6 Å². The van der Waals surface area contributed by atoms with Crippen molar-refractivity contribution in [1.82, 2.24) is 0 Å². The van der Waals surface area contributed by atoms with Gasteiger partial charge in [0.2, 0.25) is 0 Å². The number of carbonyl (C=O) groups excluding carboxylic acids is 2. The van der Waals surface area contributed by atoms with Gasteiger partial charge < -0.3 is 20.1 Å². The molecule has 0 aliphatic carbocycles. The third-order valence-corrected chi connectivity index (χ3v) is 10.2. The topological polar surface area (TPSA) is 134 Å². The van der Waals surface area contributed by atoms with Gasteiger partial charge in [0.05, 0.1) is 13.2 Å².